The number of aliphatic carboxylic acids is 1. The van der Waals surface area contributed by atoms with E-state index in [1.807, 2.05) is 19.1 Å². The third kappa shape index (κ3) is 8.45. The van der Waals surface area contributed by atoms with Crippen LogP contribution in [0.1, 0.15) is 38.2 Å². The number of rotatable bonds is 9. The van der Waals surface area contributed by atoms with Crippen molar-refractivity contribution in [2.75, 3.05) is 11.9 Å². The lowest BCUT2D eigenvalue weighted by Crippen LogP contribution is -2.35. The minimum atomic E-state index is -0.877. The van der Waals surface area contributed by atoms with Crippen LogP contribution in [0.25, 0.3) is 0 Å². The lowest BCUT2D eigenvalue weighted by atomic mass is 10.2. The number of hydrogen-bond acceptors (Lipinski definition) is 3. The van der Waals surface area contributed by atoms with Crippen LogP contribution in [-0.4, -0.2) is 29.6 Å². The second-order valence-corrected chi connectivity index (χ2v) is 5.10. The summed E-state index contributed by atoms with van der Waals surface area (Å²) in [5.74, 6) is -0.891. The highest BCUT2D eigenvalue weighted by atomic mass is 16.4. The van der Waals surface area contributed by atoms with Crippen molar-refractivity contribution in [2.45, 2.75) is 39.2 Å². The number of carboxylic acid groups (broad SMARTS) is 1. The molecular weight excluding hydrogens is 298 g/mol. The van der Waals surface area contributed by atoms with Crippen molar-refractivity contribution < 1.29 is 19.5 Å². The van der Waals surface area contributed by atoms with Crippen LogP contribution in [0.15, 0.2) is 24.3 Å². The van der Waals surface area contributed by atoms with Crippen molar-refractivity contribution in [2.24, 2.45) is 0 Å². The Morgan fingerprint density at radius 2 is 1.74 bits per heavy atom. The average molecular weight is 321 g/mol. The van der Waals surface area contributed by atoms with Gasteiger partial charge in [0.05, 0.1) is 0 Å². The van der Waals surface area contributed by atoms with E-state index in [-0.39, 0.29) is 18.4 Å². The maximum atomic E-state index is 11.5. The summed E-state index contributed by atoms with van der Waals surface area (Å²) in [4.78, 5) is 33.3. The van der Waals surface area contributed by atoms with Crippen molar-refractivity contribution in [3.63, 3.8) is 0 Å². The Hall–Kier alpha value is -2.57. The fourth-order valence-electron chi connectivity index (χ4n) is 1.84. The Labute approximate surface area is 135 Å². The fourth-order valence-corrected chi connectivity index (χ4v) is 1.84. The Balaban J connectivity index is 2.28. The molecule has 1 aromatic rings. The maximum Gasteiger partial charge on any atom is 0.315 e. The van der Waals surface area contributed by atoms with Gasteiger partial charge in [-0.25, -0.2) is 4.79 Å². The highest BCUT2D eigenvalue weighted by Gasteiger charge is 2.03. The lowest BCUT2D eigenvalue weighted by molar-refractivity contribution is -0.137. The maximum absolute atomic E-state index is 11.5. The van der Waals surface area contributed by atoms with Gasteiger partial charge in [0.25, 0.3) is 0 Å². The van der Waals surface area contributed by atoms with E-state index >= 15 is 0 Å². The SMILES string of the molecule is CCCC(=O)Nc1ccc(CNC(=O)NCCCC(=O)O)cc1. The molecule has 0 aliphatic carbocycles. The number of carbonyl (C=O) groups excluding carboxylic acids is 2. The molecule has 0 bridgehead atoms. The van der Waals surface area contributed by atoms with E-state index in [2.05, 4.69) is 16.0 Å². The Morgan fingerprint density at radius 3 is 2.35 bits per heavy atom. The number of carbonyl (C=O) groups is 3. The van der Waals surface area contributed by atoms with Crippen LogP contribution in [-0.2, 0) is 16.1 Å². The minimum Gasteiger partial charge on any atom is -0.481 e. The van der Waals surface area contributed by atoms with Crippen molar-refractivity contribution in [1.29, 1.82) is 0 Å². The van der Waals surface area contributed by atoms with Gasteiger partial charge in [0.2, 0.25) is 5.91 Å². The van der Waals surface area contributed by atoms with Crippen LogP contribution in [0.4, 0.5) is 10.5 Å². The van der Waals surface area contributed by atoms with Gasteiger partial charge in [-0.15, -0.1) is 0 Å². The highest BCUT2D eigenvalue weighted by molar-refractivity contribution is 5.90. The number of hydrogen-bond donors (Lipinski definition) is 4. The van der Waals surface area contributed by atoms with Crippen molar-refractivity contribution in [3.8, 4) is 0 Å². The molecule has 0 unspecified atom stereocenters. The summed E-state index contributed by atoms with van der Waals surface area (Å²) in [6.07, 6.45) is 1.72. The van der Waals surface area contributed by atoms with Crippen molar-refractivity contribution in [1.82, 2.24) is 10.6 Å². The molecule has 0 heterocycles. The smallest absolute Gasteiger partial charge is 0.315 e. The second-order valence-electron chi connectivity index (χ2n) is 5.10. The molecule has 0 saturated heterocycles. The van der Waals surface area contributed by atoms with E-state index in [0.717, 1.165) is 17.7 Å². The number of nitrogens with one attached hydrogen (secondary N) is 3. The minimum absolute atomic E-state index is 0.0147. The third-order valence-electron chi connectivity index (χ3n) is 3.02. The molecule has 0 saturated carbocycles. The normalized spacial score (nSPS) is 9.96. The van der Waals surface area contributed by atoms with Crippen molar-refractivity contribution >= 4 is 23.6 Å². The predicted octanol–water partition coefficient (Wildman–Crippen LogP) is 2.09. The molecule has 0 aliphatic rings. The van der Waals surface area contributed by atoms with Gasteiger partial charge in [-0.05, 0) is 30.5 Å². The summed E-state index contributed by atoms with van der Waals surface area (Å²) in [5.41, 5.74) is 1.63. The van der Waals surface area contributed by atoms with E-state index in [1.165, 1.54) is 0 Å². The summed E-state index contributed by atoms with van der Waals surface area (Å²) in [5, 5.41) is 16.5. The fraction of sp³-hybridized carbons (Fsp3) is 0.438. The molecule has 0 radical (unpaired) electrons. The van der Waals surface area contributed by atoms with Crippen LogP contribution in [0.5, 0.6) is 0 Å². The number of anilines is 1. The van der Waals surface area contributed by atoms with E-state index in [0.29, 0.717) is 25.9 Å². The second kappa shape index (κ2) is 10.2. The van der Waals surface area contributed by atoms with Crippen LogP contribution in [0, 0.1) is 0 Å². The molecule has 0 spiro atoms. The summed E-state index contributed by atoms with van der Waals surface area (Å²) in [6, 6.07) is 6.89. The molecule has 4 N–H and O–H groups in total. The predicted molar refractivity (Wildman–Crippen MR) is 87.1 cm³/mol. The van der Waals surface area contributed by atoms with Gasteiger partial charge in [-0.3, -0.25) is 9.59 Å². The Morgan fingerprint density at radius 1 is 1.04 bits per heavy atom. The van der Waals surface area contributed by atoms with Crippen LogP contribution < -0.4 is 16.0 Å². The Bertz CT molecular complexity index is 529. The van der Waals surface area contributed by atoms with Crippen LogP contribution in [0.2, 0.25) is 0 Å². The largest absolute Gasteiger partial charge is 0.481 e. The molecule has 0 aromatic heterocycles. The number of carboxylic acids is 1. The molecular formula is C16H23N3O4. The molecule has 0 aliphatic heterocycles. The zero-order chi connectivity index (χ0) is 17.1. The first-order valence-electron chi connectivity index (χ1n) is 7.63. The van der Waals surface area contributed by atoms with Crippen molar-refractivity contribution in [3.05, 3.63) is 29.8 Å². The van der Waals surface area contributed by atoms with Gasteiger partial charge in [-0.2, -0.15) is 0 Å². The van der Waals surface area contributed by atoms with Crippen LogP contribution in [0.3, 0.4) is 0 Å². The van der Waals surface area contributed by atoms with Gasteiger partial charge in [-0.1, -0.05) is 19.1 Å². The molecule has 126 valence electrons. The summed E-state index contributed by atoms with van der Waals surface area (Å²) >= 11 is 0. The first-order chi connectivity index (χ1) is 11.0. The third-order valence-corrected chi connectivity index (χ3v) is 3.02. The average Bonchev–Trinajstić information content (AvgIpc) is 2.51. The Kier molecular flexibility index (Phi) is 8.20. The lowest BCUT2D eigenvalue weighted by Gasteiger charge is -2.08. The van der Waals surface area contributed by atoms with E-state index in [1.54, 1.807) is 12.1 Å². The first-order valence-corrected chi connectivity index (χ1v) is 7.63. The monoisotopic (exact) mass is 321 g/mol. The number of amides is 3. The molecule has 23 heavy (non-hydrogen) atoms. The van der Waals surface area contributed by atoms with Gasteiger partial charge >= 0.3 is 12.0 Å². The zero-order valence-corrected chi connectivity index (χ0v) is 13.2. The zero-order valence-electron chi connectivity index (χ0n) is 13.2. The highest BCUT2D eigenvalue weighted by Crippen LogP contribution is 2.10. The van der Waals surface area contributed by atoms with Crippen LogP contribution >= 0.6 is 0 Å². The number of benzene rings is 1. The standard InChI is InChI=1S/C16H23N3O4/c1-2-4-14(20)19-13-8-6-12(7-9-13)11-18-16(23)17-10-3-5-15(21)22/h6-9H,2-5,10-11H2,1H3,(H,19,20)(H,21,22)(H2,17,18,23). The topological polar surface area (TPSA) is 108 Å². The molecule has 0 fully saturated rings. The van der Waals surface area contributed by atoms with Gasteiger partial charge in [0.1, 0.15) is 0 Å². The quantitative estimate of drug-likeness (QED) is 0.522. The summed E-state index contributed by atoms with van der Waals surface area (Å²) < 4.78 is 0. The van der Waals surface area contributed by atoms with Gasteiger partial charge in [0.15, 0.2) is 0 Å². The molecule has 3 amide bonds. The first kappa shape index (κ1) is 18.5. The molecule has 7 nitrogen and oxygen atoms in total. The molecule has 0 atom stereocenters. The summed E-state index contributed by atoms with van der Waals surface area (Å²) in [6.45, 7) is 2.62. The number of urea groups is 1. The summed E-state index contributed by atoms with van der Waals surface area (Å²) in [7, 11) is 0. The van der Waals surface area contributed by atoms with E-state index < -0.39 is 5.97 Å². The van der Waals surface area contributed by atoms with Gasteiger partial charge in [0, 0.05) is 31.6 Å². The molecule has 7 heteroatoms. The molecule has 1 rings (SSSR count). The van der Waals surface area contributed by atoms with Gasteiger partial charge < -0.3 is 21.1 Å². The molecule has 1 aromatic carbocycles. The van der Waals surface area contributed by atoms with E-state index in [9.17, 15) is 14.4 Å². The van der Waals surface area contributed by atoms with E-state index in [4.69, 9.17) is 5.11 Å².